The number of fused-ring (bicyclic) bond motifs is 8. The van der Waals surface area contributed by atoms with E-state index >= 15 is 0 Å². The summed E-state index contributed by atoms with van der Waals surface area (Å²) >= 11 is 0. The molecular weight excluding hydrogens is 757 g/mol. The highest BCUT2D eigenvalue weighted by Crippen LogP contribution is 2.33. The molecule has 2 aliphatic heterocycles. The molecule has 0 radical (unpaired) electrons. The normalized spacial score (nSPS) is 9.10. The van der Waals surface area contributed by atoms with Crippen LogP contribution < -0.4 is 4.74 Å². The van der Waals surface area contributed by atoms with Crippen LogP contribution in [-0.2, 0) is 0 Å². The second-order valence-electron chi connectivity index (χ2n) is 12.6. The van der Waals surface area contributed by atoms with Crippen molar-refractivity contribution in [1.82, 2.24) is 19.9 Å². The van der Waals surface area contributed by atoms with Crippen LogP contribution in [0.2, 0.25) is 0 Å². The first-order valence-electron chi connectivity index (χ1n) is 18.5. The first-order chi connectivity index (χ1) is 30.6. The molecule has 3 aromatic heterocycles. The Morgan fingerprint density at radius 1 is 0.452 bits per heavy atom. The van der Waals surface area contributed by atoms with Gasteiger partial charge in [0.15, 0.2) is 0 Å². The molecule has 0 fully saturated rings. The number of benzene rings is 2. The first kappa shape index (κ1) is 39.8. The number of hydrogen-bond donors (Lipinski definition) is 2. The number of nitrogens with zero attached hydrogens (tertiary/aromatic N) is 2. The summed E-state index contributed by atoms with van der Waals surface area (Å²) in [6.45, 7) is 2.09. The van der Waals surface area contributed by atoms with Crippen molar-refractivity contribution in [2.45, 2.75) is 6.92 Å². The standard InChI is InChI=1S/C57H24N4O.24H2/c1-3-4-5-6-7-8-9-10-11-12-13-14-15-16-17-18-19-20-21-22-23-24-41-62-51-35-29-46(30-36-51)57-54-39-33-49(60-54)42-47-31-37-52(58-47)56(45-27-25-44(2)26-28-45)53-38-32-48(59-53)43-50-34-40-55(57)61-50;;;;;;;;;;;;;;;;;;;;;;;;/h1,25-40,42-43,58,61H,2H3;24*1H. The molecule has 0 saturated heterocycles. The number of rotatable bonds is 3. The van der Waals surface area contributed by atoms with E-state index in [0.29, 0.717) is 5.75 Å². The summed E-state index contributed by atoms with van der Waals surface area (Å²) in [5.41, 5.74) is 12.3. The molecule has 0 atom stereocenters. The monoisotopic (exact) mass is 829 g/mol. The Hall–Kier alpha value is -10.4. The fourth-order valence-corrected chi connectivity index (χ4v) is 5.83. The van der Waals surface area contributed by atoms with E-state index in [2.05, 4.69) is 202 Å². The van der Waals surface area contributed by atoms with Crippen molar-refractivity contribution in [3.63, 3.8) is 0 Å². The number of nitrogens with one attached hydrogen (secondary N) is 2. The fourth-order valence-electron chi connectivity index (χ4n) is 5.83. The molecule has 5 heteroatoms. The molecule has 8 bridgehead atoms. The largest absolute Gasteiger partial charge is 0.407 e. The molecule has 0 unspecified atom stereocenters. The van der Waals surface area contributed by atoms with Gasteiger partial charge >= 0.3 is 0 Å². The van der Waals surface area contributed by atoms with Crippen LogP contribution in [0.5, 0.6) is 5.75 Å². The van der Waals surface area contributed by atoms with E-state index in [1.54, 1.807) is 0 Å². The van der Waals surface area contributed by atoms with Gasteiger partial charge in [0.2, 0.25) is 0 Å². The van der Waals surface area contributed by atoms with Gasteiger partial charge in [-0.1, -0.05) is 42.0 Å². The Kier molecular flexibility index (Phi) is 13.2. The third kappa shape index (κ3) is 11.1. The van der Waals surface area contributed by atoms with E-state index in [1.807, 2.05) is 60.7 Å². The lowest BCUT2D eigenvalue weighted by molar-refractivity contribution is 0.520. The number of hydrogen-bond acceptors (Lipinski definition) is 3. The van der Waals surface area contributed by atoms with Crippen molar-refractivity contribution >= 4 is 46.4 Å². The summed E-state index contributed by atoms with van der Waals surface area (Å²) in [5, 5.41) is 0. The highest BCUT2D eigenvalue weighted by atomic mass is 16.5. The molecular formula is C57H72N4O. The highest BCUT2D eigenvalue weighted by Gasteiger charge is 2.13. The Bertz CT molecular complexity index is 3750. The maximum Gasteiger partial charge on any atom is 0.140 e. The minimum Gasteiger partial charge on any atom is -0.407 e. The molecule has 7 rings (SSSR count). The number of aromatic amines is 2. The lowest BCUT2D eigenvalue weighted by Gasteiger charge is -2.05. The quantitative estimate of drug-likeness (QED) is 0.174. The molecule has 0 amide bonds. The van der Waals surface area contributed by atoms with Crippen molar-refractivity contribution in [2.24, 2.45) is 0 Å². The summed E-state index contributed by atoms with van der Waals surface area (Å²) in [4.78, 5) is 17.3. The third-order valence-corrected chi connectivity index (χ3v) is 8.42. The highest BCUT2D eigenvalue weighted by molar-refractivity contribution is 5.93. The molecule has 0 saturated carbocycles. The Morgan fingerprint density at radius 2 is 0.839 bits per heavy atom. The molecule has 2 aromatic carbocycles. The molecule has 0 spiro atoms. The Labute approximate surface area is 396 Å². The minimum atomic E-state index is 0. The van der Waals surface area contributed by atoms with Crippen LogP contribution in [0.1, 0.15) is 62.6 Å². The van der Waals surface area contributed by atoms with Gasteiger partial charge in [0.05, 0.1) is 22.8 Å². The average molecular weight is 829 g/mol. The van der Waals surface area contributed by atoms with Crippen LogP contribution in [0.4, 0.5) is 0 Å². The number of aryl methyl sites for hydroxylation is 1. The minimum absolute atomic E-state index is 0. The summed E-state index contributed by atoms with van der Waals surface area (Å²) in [7, 11) is 0. The van der Waals surface area contributed by atoms with Gasteiger partial charge in [-0.25, -0.2) is 9.97 Å². The van der Waals surface area contributed by atoms with Crippen molar-refractivity contribution in [3.8, 4) is 171 Å². The van der Waals surface area contributed by atoms with Gasteiger partial charge in [0, 0.05) is 150 Å². The number of H-pyrrole nitrogens is 2. The van der Waals surface area contributed by atoms with E-state index in [4.69, 9.17) is 21.1 Å². The summed E-state index contributed by atoms with van der Waals surface area (Å²) in [6, 6.07) is 28.5. The smallest absolute Gasteiger partial charge is 0.140 e. The molecule has 0 aliphatic carbocycles. The number of terminal acetylenes is 1. The summed E-state index contributed by atoms with van der Waals surface area (Å²) in [6.07, 6.45) is 15.7. The van der Waals surface area contributed by atoms with E-state index in [-0.39, 0.29) is 34.2 Å². The molecule has 2 aliphatic rings. The third-order valence-electron chi connectivity index (χ3n) is 8.42. The topological polar surface area (TPSA) is 66.6 Å². The first-order valence-corrected chi connectivity index (χ1v) is 18.5. The van der Waals surface area contributed by atoms with Gasteiger partial charge in [0.1, 0.15) is 11.9 Å². The molecule has 62 heavy (non-hydrogen) atoms. The second-order valence-corrected chi connectivity index (χ2v) is 12.6. The van der Waals surface area contributed by atoms with Crippen molar-refractivity contribution < 1.29 is 39.0 Å². The SMILES string of the molecule is C#CC#CC#CC#CC#CC#CC#CC#CC#CC#CC#CC#COc1ccc(-c2c3nc(cc4ccc([nH]4)c(-c4ccc(C)cc4)c4nc(cc5ccc2[nH]5)C=C4)C=C3)cc1.[HH].[HH].[HH].[HH].[HH].[HH].[HH].[HH].[HH].[HH].[HH].[HH].[HH].[HH].[HH].[HH].[HH].[HH].[HH].[HH].[HH].[HH].[HH].[HH]. The van der Waals surface area contributed by atoms with Crippen LogP contribution in [0.3, 0.4) is 0 Å². The van der Waals surface area contributed by atoms with Crippen LogP contribution in [0, 0.1) is 150 Å². The van der Waals surface area contributed by atoms with E-state index in [9.17, 15) is 0 Å². The van der Waals surface area contributed by atoms with Crippen molar-refractivity contribution in [1.29, 1.82) is 0 Å². The number of ether oxygens (including phenoxy) is 1. The van der Waals surface area contributed by atoms with Crippen LogP contribution in [0.15, 0.2) is 84.9 Å². The zero-order valence-corrected chi connectivity index (χ0v) is 32.8. The lowest BCUT2D eigenvalue weighted by Crippen LogP contribution is -1.87. The zero-order chi connectivity index (χ0) is 42.6. The molecule has 5 heterocycles. The van der Waals surface area contributed by atoms with Crippen LogP contribution in [-0.4, -0.2) is 19.9 Å². The Morgan fingerprint density at radius 3 is 1.26 bits per heavy atom. The molecule has 5 aromatic rings. The van der Waals surface area contributed by atoms with Gasteiger partial charge in [-0.3, -0.25) is 0 Å². The lowest BCUT2D eigenvalue weighted by atomic mass is 10.0. The summed E-state index contributed by atoms with van der Waals surface area (Å²) in [5.74, 6) is 55.8. The van der Waals surface area contributed by atoms with Gasteiger partial charge < -0.3 is 14.7 Å². The van der Waals surface area contributed by atoms with E-state index in [1.165, 1.54) is 5.56 Å². The average Bonchev–Trinajstić information content (AvgIpc) is 4.13. The molecule has 2 N–H and O–H groups in total. The maximum atomic E-state index is 5.61. The van der Waals surface area contributed by atoms with Crippen LogP contribution in [0.25, 0.3) is 68.6 Å². The van der Waals surface area contributed by atoms with Gasteiger partial charge in [0.25, 0.3) is 0 Å². The fraction of sp³-hybridized carbons (Fsp3) is 0.0175. The molecule has 5 nitrogen and oxygen atoms in total. The van der Waals surface area contributed by atoms with Gasteiger partial charge in [-0.15, -0.1) is 6.42 Å². The van der Waals surface area contributed by atoms with Gasteiger partial charge in [-0.05, 0) is 138 Å². The van der Waals surface area contributed by atoms with Crippen molar-refractivity contribution in [2.75, 3.05) is 0 Å². The van der Waals surface area contributed by atoms with E-state index in [0.717, 1.165) is 67.1 Å². The number of aromatic nitrogens is 4. The zero-order valence-electron chi connectivity index (χ0n) is 32.8. The predicted octanol–water partition coefficient (Wildman–Crippen LogP) is 14.2. The van der Waals surface area contributed by atoms with Crippen LogP contribution >= 0.6 is 0 Å². The Balaban J connectivity index is -0.000000120. The van der Waals surface area contributed by atoms with Gasteiger partial charge in [-0.2, -0.15) is 0 Å². The maximum absolute atomic E-state index is 5.61. The second kappa shape index (κ2) is 20.6. The molecule has 326 valence electrons. The van der Waals surface area contributed by atoms with E-state index < -0.39 is 0 Å². The predicted molar refractivity (Wildman–Crippen MR) is 300 cm³/mol. The summed E-state index contributed by atoms with van der Waals surface area (Å²) < 4.78 is 5.61. The van der Waals surface area contributed by atoms with Crippen molar-refractivity contribution in [3.05, 3.63) is 113 Å².